The molecule has 1 spiro atoms. The number of hydrogen-bond donors (Lipinski definition) is 2. The van der Waals surface area contributed by atoms with E-state index in [2.05, 4.69) is 23.8 Å². The van der Waals surface area contributed by atoms with Crippen molar-refractivity contribution in [3.63, 3.8) is 0 Å². The van der Waals surface area contributed by atoms with Crippen molar-refractivity contribution >= 4 is 23.6 Å². The lowest BCUT2D eigenvalue weighted by Gasteiger charge is -2.55. The average Bonchev–Trinajstić information content (AvgIpc) is 2.99. The SMILES string of the molecule is CCC1(CC)CC2(C1)OB(O)c1cnc3[nH]ccc3c12. The molecule has 1 fully saturated rings. The predicted octanol–water partition coefficient (Wildman–Crippen LogP) is 2.08. The van der Waals surface area contributed by atoms with Crippen molar-refractivity contribution in [2.45, 2.75) is 45.1 Å². The molecule has 2 N–H and O–H groups in total. The molecule has 2 aliphatic rings. The maximum Gasteiger partial charge on any atom is 0.493 e. The van der Waals surface area contributed by atoms with Crippen LogP contribution in [0.3, 0.4) is 0 Å². The molecule has 1 aliphatic heterocycles. The summed E-state index contributed by atoms with van der Waals surface area (Å²) in [4.78, 5) is 7.52. The highest BCUT2D eigenvalue weighted by atomic mass is 16.5. The molecule has 0 bridgehead atoms. The van der Waals surface area contributed by atoms with Gasteiger partial charge in [0.1, 0.15) is 5.65 Å². The number of H-pyrrole nitrogens is 1. The minimum Gasteiger partial charge on any atom is -0.423 e. The number of nitrogens with zero attached hydrogens (tertiary/aromatic N) is 1. The van der Waals surface area contributed by atoms with Crippen LogP contribution in [0, 0.1) is 5.41 Å². The second-order valence-corrected chi connectivity index (χ2v) is 6.35. The third-order valence-corrected chi connectivity index (χ3v) is 5.50. The highest BCUT2D eigenvalue weighted by Crippen LogP contribution is 2.61. The van der Waals surface area contributed by atoms with E-state index >= 15 is 0 Å². The van der Waals surface area contributed by atoms with Crippen molar-refractivity contribution in [3.8, 4) is 0 Å². The Morgan fingerprint density at radius 1 is 1.40 bits per heavy atom. The molecule has 3 heterocycles. The molecule has 1 saturated carbocycles. The highest BCUT2D eigenvalue weighted by molar-refractivity contribution is 6.62. The van der Waals surface area contributed by atoms with Gasteiger partial charge in [-0.1, -0.05) is 26.7 Å². The Morgan fingerprint density at radius 3 is 2.85 bits per heavy atom. The van der Waals surface area contributed by atoms with Crippen LogP contribution in [0.5, 0.6) is 0 Å². The highest BCUT2D eigenvalue weighted by Gasteiger charge is 2.60. The Labute approximate surface area is 118 Å². The summed E-state index contributed by atoms with van der Waals surface area (Å²) in [5.74, 6) is 0. The molecule has 0 unspecified atom stereocenters. The van der Waals surface area contributed by atoms with E-state index in [0.29, 0.717) is 5.41 Å². The molecule has 4 nitrogen and oxygen atoms in total. The number of aromatic nitrogens is 2. The molecule has 1 aliphatic carbocycles. The lowest BCUT2D eigenvalue weighted by molar-refractivity contribution is -0.119. The van der Waals surface area contributed by atoms with Crippen molar-refractivity contribution in [2.24, 2.45) is 5.41 Å². The van der Waals surface area contributed by atoms with Gasteiger partial charge < -0.3 is 14.7 Å². The van der Waals surface area contributed by atoms with Crippen molar-refractivity contribution in [3.05, 3.63) is 24.0 Å². The van der Waals surface area contributed by atoms with Crippen LogP contribution in [-0.4, -0.2) is 22.1 Å². The van der Waals surface area contributed by atoms with Crippen molar-refractivity contribution < 1.29 is 9.68 Å². The smallest absolute Gasteiger partial charge is 0.423 e. The monoisotopic (exact) mass is 270 g/mol. The molecule has 0 saturated heterocycles. The van der Waals surface area contributed by atoms with E-state index in [0.717, 1.165) is 34.9 Å². The molecule has 0 atom stereocenters. The second kappa shape index (κ2) is 3.86. The van der Waals surface area contributed by atoms with Crippen LogP contribution >= 0.6 is 0 Å². The molecule has 2 aromatic rings. The first-order chi connectivity index (χ1) is 9.63. The third kappa shape index (κ3) is 1.37. The van der Waals surface area contributed by atoms with Crippen LogP contribution in [0.15, 0.2) is 18.5 Å². The van der Waals surface area contributed by atoms with E-state index in [1.54, 1.807) is 6.20 Å². The van der Waals surface area contributed by atoms with E-state index in [-0.39, 0.29) is 5.60 Å². The number of fused-ring (bicyclic) bond motifs is 4. The van der Waals surface area contributed by atoms with Crippen molar-refractivity contribution in [1.82, 2.24) is 9.97 Å². The van der Waals surface area contributed by atoms with Gasteiger partial charge in [0.25, 0.3) is 0 Å². The van der Waals surface area contributed by atoms with E-state index in [4.69, 9.17) is 4.65 Å². The molecular weight excluding hydrogens is 251 g/mol. The van der Waals surface area contributed by atoms with Gasteiger partial charge in [-0.15, -0.1) is 0 Å². The zero-order valence-electron chi connectivity index (χ0n) is 11.9. The Bertz CT molecular complexity index is 670. The van der Waals surface area contributed by atoms with Gasteiger partial charge in [0.15, 0.2) is 0 Å². The fourth-order valence-electron chi connectivity index (χ4n) is 4.22. The Morgan fingerprint density at radius 2 is 2.15 bits per heavy atom. The Hall–Kier alpha value is -1.33. The minimum atomic E-state index is -0.830. The van der Waals surface area contributed by atoms with Gasteiger partial charge in [-0.3, -0.25) is 0 Å². The van der Waals surface area contributed by atoms with E-state index in [1.165, 1.54) is 12.8 Å². The number of nitrogens with one attached hydrogen (secondary N) is 1. The van der Waals surface area contributed by atoms with Gasteiger partial charge in [-0.25, -0.2) is 4.98 Å². The van der Waals surface area contributed by atoms with Crippen LogP contribution in [0.4, 0.5) is 0 Å². The molecule has 0 radical (unpaired) electrons. The molecule has 5 heteroatoms. The van der Waals surface area contributed by atoms with E-state index < -0.39 is 7.12 Å². The molecule has 0 aromatic carbocycles. The lowest BCUT2D eigenvalue weighted by atomic mass is 9.54. The zero-order valence-corrected chi connectivity index (χ0v) is 11.9. The summed E-state index contributed by atoms with van der Waals surface area (Å²) < 4.78 is 5.99. The van der Waals surface area contributed by atoms with E-state index in [1.807, 2.05) is 12.3 Å². The number of hydrogen-bond acceptors (Lipinski definition) is 3. The van der Waals surface area contributed by atoms with Crippen LogP contribution in [0.2, 0.25) is 0 Å². The Balaban J connectivity index is 1.86. The molecule has 2 aromatic heterocycles. The van der Waals surface area contributed by atoms with Gasteiger partial charge in [0.2, 0.25) is 0 Å². The maximum absolute atomic E-state index is 10.2. The van der Waals surface area contributed by atoms with Crippen LogP contribution in [-0.2, 0) is 10.3 Å². The third-order valence-electron chi connectivity index (χ3n) is 5.50. The molecule has 4 rings (SSSR count). The van der Waals surface area contributed by atoms with E-state index in [9.17, 15) is 5.02 Å². The normalized spacial score (nSPS) is 22.2. The van der Waals surface area contributed by atoms with Gasteiger partial charge in [0.05, 0.1) is 5.60 Å². The second-order valence-electron chi connectivity index (χ2n) is 6.35. The largest absolute Gasteiger partial charge is 0.493 e. The fourth-order valence-corrected chi connectivity index (χ4v) is 4.22. The number of pyridine rings is 1. The van der Waals surface area contributed by atoms with Gasteiger partial charge in [0, 0.05) is 23.2 Å². The number of aromatic amines is 1. The van der Waals surface area contributed by atoms with Crippen molar-refractivity contribution in [1.29, 1.82) is 0 Å². The summed E-state index contributed by atoms with van der Waals surface area (Å²) in [5, 5.41) is 11.3. The van der Waals surface area contributed by atoms with Gasteiger partial charge in [-0.05, 0) is 29.9 Å². The van der Waals surface area contributed by atoms with Gasteiger partial charge >= 0.3 is 7.12 Å². The molecular formula is C15H19BN2O2. The summed E-state index contributed by atoms with van der Waals surface area (Å²) >= 11 is 0. The van der Waals surface area contributed by atoms with Crippen molar-refractivity contribution in [2.75, 3.05) is 0 Å². The maximum atomic E-state index is 10.2. The topological polar surface area (TPSA) is 58.1 Å². The summed E-state index contributed by atoms with van der Waals surface area (Å²) in [5.41, 5.74) is 2.95. The first-order valence-corrected chi connectivity index (χ1v) is 7.45. The standard InChI is InChI=1S/C15H19BN2O2/c1-3-14(4-2)8-15(9-14)12-10-5-6-17-13(10)18-7-11(12)16(19)20-15/h5-7,19H,3-4,8-9H2,1-2H3,(H,17,18). The molecule has 104 valence electrons. The zero-order chi connectivity index (χ0) is 14.0. The van der Waals surface area contributed by atoms with Crippen LogP contribution in [0.1, 0.15) is 45.1 Å². The molecule has 0 amide bonds. The molecule has 20 heavy (non-hydrogen) atoms. The summed E-state index contributed by atoms with van der Waals surface area (Å²) in [6.07, 6.45) is 8.00. The average molecular weight is 270 g/mol. The fraction of sp³-hybridized carbons (Fsp3) is 0.533. The van der Waals surface area contributed by atoms with Crippen LogP contribution < -0.4 is 5.46 Å². The quantitative estimate of drug-likeness (QED) is 0.821. The predicted molar refractivity (Wildman–Crippen MR) is 78.7 cm³/mol. The summed E-state index contributed by atoms with van der Waals surface area (Å²) in [7, 11) is -0.830. The summed E-state index contributed by atoms with van der Waals surface area (Å²) in [6.45, 7) is 4.50. The van der Waals surface area contributed by atoms with Crippen LogP contribution in [0.25, 0.3) is 11.0 Å². The Kier molecular flexibility index (Phi) is 2.40. The van der Waals surface area contributed by atoms with Gasteiger partial charge in [-0.2, -0.15) is 0 Å². The minimum absolute atomic E-state index is 0.301. The first-order valence-electron chi connectivity index (χ1n) is 7.45. The summed E-state index contributed by atoms with van der Waals surface area (Å²) in [6, 6.07) is 2.04. The number of rotatable bonds is 2. The lowest BCUT2D eigenvalue weighted by Crippen LogP contribution is -2.50. The first kappa shape index (κ1) is 12.4.